The third-order valence-corrected chi connectivity index (χ3v) is 4.86. The molecule has 0 unspecified atom stereocenters. The Balaban J connectivity index is 1.68. The van der Waals surface area contributed by atoms with Crippen molar-refractivity contribution in [2.45, 2.75) is 51.5 Å². The lowest BCUT2D eigenvalue weighted by Crippen LogP contribution is -2.38. The van der Waals surface area contributed by atoms with Crippen LogP contribution in [0.2, 0.25) is 0 Å². The van der Waals surface area contributed by atoms with Crippen molar-refractivity contribution in [1.82, 2.24) is 5.32 Å². The summed E-state index contributed by atoms with van der Waals surface area (Å²) in [6.45, 7) is 2.60. The zero-order valence-corrected chi connectivity index (χ0v) is 13.2. The van der Waals surface area contributed by atoms with Gasteiger partial charge in [-0.2, -0.15) is 0 Å². The van der Waals surface area contributed by atoms with Crippen molar-refractivity contribution in [2.75, 3.05) is 11.4 Å². The smallest absolute Gasteiger partial charge is 0.227 e. The summed E-state index contributed by atoms with van der Waals surface area (Å²) in [6.07, 6.45) is 5.77. The van der Waals surface area contributed by atoms with Crippen LogP contribution in [0.3, 0.4) is 0 Å². The van der Waals surface area contributed by atoms with E-state index in [2.05, 4.69) is 18.3 Å². The number of benzene rings is 1. The molecule has 0 spiro atoms. The first-order chi connectivity index (χ1) is 10.7. The summed E-state index contributed by atoms with van der Waals surface area (Å²) in [6, 6.07) is 8.29. The highest BCUT2D eigenvalue weighted by Crippen LogP contribution is 2.29. The minimum absolute atomic E-state index is 0.0525. The molecular formula is C18H24N2O2. The molecule has 1 saturated carbocycles. The fourth-order valence-electron chi connectivity index (χ4n) is 3.58. The van der Waals surface area contributed by atoms with Gasteiger partial charge in [0, 0.05) is 24.7 Å². The number of hydrogen-bond donors (Lipinski definition) is 1. The van der Waals surface area contributed by atoms with Gasteiger partial charge in [-0.25, -0.2) is 0 Å². The maximum absolute atomic E-state index is 12.4. The lowest BCUT2D eigenvalue weighted by molar-refractivity contribution is -0.126. The molecule has 4 nitrogen and oxygen atoms in total. The molecule has 1 aromatic rings. The van der Waals surface area contributed by atoms with Crippen molar-refractivity contribution in [3.63, 3.8) is 0 Å². The van der Waals surface area contributed by atoms with Crippen molar-refractivity contribution >= 4 is 17.5 Å². The summed E-state index contributed by atoms with van der Waals surface area (Å²) in [5, 5.41) is 3.12. The molecule has 2 amide bonds. The normalized spacial score (nSPS) is 22.3. The quantitative estimate of drug-likeness (QED) is 0.929. The van der Waals surface area contributed by atoms with E-state index in [0.717, 1.165) is 30.5 Å². The first-order valence-electron chi connectivity index (χ1n) is 8.37. The van der Waals surface area contributed by atoms with Gasteiger partial charge in [0.25, 0.3) is 0 Å². The van der Waals surface area contributed by atoms with Gasteiger partial charge in [0.15, 0.2) is 0 Å². The van der Waals surface area contributed by atoms with Crippen LogP contribution in [0.25, 0.3) is 0 Å². The van der Waals surface area contributed by atoms with E-state index in [1.165, 1.54) is 12.8 Å². The molecule has 2 fully saturated rings. The molecule has 1 atom stereocenters. The van der Waals surface area contributed by atoms with Crippen molar-refractivity contribution in [1.29, 1.82) is 0 Å². The summed E-state index contributed by atoms with van der Waals surface area (Å²) in [5.41, 5.74) is 2.12. The van der Waals surface area contributed by atoms with E-state index < -0.39 is 0 Å². The van der Waals surface area contributed by atoms with E-state index in [4.69, 9.17) is 0 Å². The second-order valence-electron chi connectivity index (χ2n) is 6.38. The molecule has 1 aromatic carbocycles. The third kappa shape index (κ3) is 3.01. The van der Waals surface area contributed by atoms with Crippen molar-refractivity contribution in [3.8, 4) is 0 Å². The Hall–Kier alpha value is -1.84. The van der Waals surface area contributed by atoms with Gasteiger partial charge in [0.1, 0.15) is 0 Å². The molecule has 1 N–H and O–H groups in total. The minimum Gasteiger partial charge on any atom is -0.353 e. The second-order valence-corrected chi connectivity index (χ2v) is 6.38. The van der Waals surface area contributed by atoms with Crippen molar-refractivity contribution < 1.29 is 9.59 Å². The largest absolute Gasteiger partial charge is 0.353 e. The molecule has 22 heavy (non-hydrogen) atoms. The molecule has 2 aliphatic rings. The van der Waals surface area contributed by atoms with E-state index in [1.807, 2.05) is 18.2 Å². The Bertz CT molecular complexity index is 564. The van der Waals surface area contributed by atoms with E-state index in [1.54, 1.807) is 4.90 Å². The first-order valence-corrected chi connectivity index (χ1v) is 8.37. The zero-order valence-electron chi connectivity index (χ0n) is 13.2. The number of carbonyl (C=O) groups excluding carboxylic acids is 2. The SMILES string of the molecule is CCc1ccccc1N1C[C@H](C(=O)NC2CCCC2)CC1=O. The van der Waals surface area contributed by atoms with E-state index >= 15 is 0 Å². The average molecular weight is 300 g/mol. The highest BCUT2D eigenvalue weighted by atomic mass is 16.2. The Kier molecular flexibility index (Phi) is 4.46. The van der Waals surface area contributed by atoms with Gasteiger partial charge in [-0.15, -0.1) is 0 Å². The van der Waals surface area contributed by atoms with E-state index in [9.17, 15) is 9.59 Å². The van der Waals surface area contributed by atoms with Gasteiger partial charge in [0.05, 0.1) is 5.92 Å². The van der Waals surface area contributed by atoms with Crippen LogP contribution in [0.5, 0.6) is 0 Å². The van der Waals surface area contributed by atoms with Crippen LogP contribution >= 0.6 is 0 Å². The van der Waals surface area contributed by atoms with Crippen molar-refractivity contribution in [3.05, 3.63) is 29.8 Å². The molecule has 3 rings (SSSR count). The molecule has 0 bridgehead atoms. The van der Waals surface area contributed by atoms with Crippen LogP contribution in [-0.4, -0.2) is 24.4 Å². The summed E-state index contributed by atoms with van der Waals surface area (Å²) >= 11 is 0. The monoisotopic (exact) mass is 300 g/mol. The van der Waals surface area contributed by atoms with Crippen LogP contribution in [0.4, 0.5) is 5.69 Å². The number of hydrogen-bond acceptors (Lipinski definition) is 2. The lowest BCUT2D eigenvalue weighted by Gasteiger charge is -2.20. The molecule has 0 radical (unpaired) electrons. The molecule has 0 aromatic heterocycles. The maximum Gasteiger partial charge on any atom is 0.227 e. The molecule has 1 saturated heterocycles. The minimum atomic E-state index is -0.210. The molecule has 1 heterocycles. The van der Waals surface area contributed by atoms with Crippen LogP contribution in [0, 0.1) is 5.92 Å². The van der Waals surface area contributed by atoms with Crippen LogP contribution in [0.15, 0.2) is 24.3 Å². The van der Waals surface area contributed by atoms with Gasteiger partial charge >= 0.3 is 0 Å². The number of para-hydroxylation sites is 1. The first kappa shape index (κ1) is 15.1. The summed E-state index contributed by atoms with van der Waals surface area (Å²) in [5.74, 6) is -0.0952. The second kappa shape index (κ2) is 6.51. The Labute approximate surface area is 131 Å². The van der Waals surface area contributed by atoms with E-state index in [-0.39, 0.29) is 17.7 Å². The van der Waals surface area contributed by atoms with E-state index in [0.29, 0.717) is 19.0 Å². The van der Waals surface area contributed by atoms with Crippen LogP contribution in [-0.2, 0) is 16.0 Å². The summed E-state index contributed by atoms with van der Waals surface area (Å²) < 4.78 is 0. The number of amides is 2. The highest BCUT2D eigenvalue weighted by Gasteiger charge is 2.36. The summed E-state index contributed by atoms with van der Waals surface area (Å²) in [7, 11) is 0. The van der Waals surface area contributed by atoms with Gasteiger partial charge in [-0.3, -0.25) is 9.59 Å². The highest BCUT2D eigenvalue weighted by molar-refractivity contribution is 6.00. The van der Waals surface area contributed by atoms with Gasteiger partial charge < -0.3 is 10.2 Å². The van der Waals surface area contributed by atoms with Gasteiger partial charge in [0.2, 0.25) is 11.8 Å². The Morgan fingerprint density at radius 2 is 2.00 bits per heavy atom. The maximum atomic E-state index is 12.4. The predicted molar refractivity (Wildman–Crippen MR) is 86.7 cm³/mol. The van der Waals surface area contributed by atoms with Crippen molar-refractivity contribution in [2.24, 2.45) is 5.92 Å². The molecule has 1 aliphatic heterocycles. The average Bonchev–Trinajstić information content (AvgIpc) is 3.16. The fraction of sp³-hybridized carbons (Fsp3) is 0.556. The molecular weight excluding hydrogens is 276 g/mol. The number of nitrogens with zero attached hydrogens (tertiary/aromatic N) is 1. The lowest BCUT2D eigenvalue weighted by atomic mass is 10.1. The Morgan fingerprint density at radius 3 is 2.73 bits per heavy atom. The predicted octanol–water partition coefficient (Wildman–Crippen LogP) is 2.66. The van der Waals surface area contributed by atoms with Gasteiger partial charge in [-0.05, 0) is 30.9 Å². The summed E-state index contributed by atoms with van der Waals surface area (Å²) in [4.78, 5) is 26.5. The standard InChI is InChI=1S/C18H24N2O2/c1-2-13-7-3-6-10-16(13)20-12-14(11-17(20)21)18(22)19-15-8-4-5-9-15/h3,6-7,10,14-15H,2,4-5,8-9,11-12H2,1H3,(H,19,22)/t14-/m1/s1. The fourth-order valence-corrected chi connectivity index (χ4v) is 3.58. The molecule has 4 heteroatoms. The molecule has 118 valence electrons. The zero-order chi connectivity index (χ0) is 15.5. The Morgan fingerprint density at radius 1 is 1.27 bits per heavy atom. The molecule has 1 aliphatic carbocycles. The van der Waals surface area contributed by atoms with Crippen LogP contribution in [0.1, 0.15) is 44.6 Å². The van der Waals surface area contributed by atoms with Crippen LogP contribution < -0.4 is 10.2 Å². The number of rotatable bonds is 4. The third-order valence-electron chi connectivity index (χ3n) is 4.86. The topological polar surface area (TPSA) is 49.4 Å². The number of carbonyl (C=O) groups is 2. The number of aryl methyl sites for hydroxylation is 1. The van der Waals surface area contributed by atoms with Gasteiger partial charge in [-0.1, -0.05) is 38.0 Å². The number of nitrogens with one attached hydrogen (secondary N) is 1. The number of anilines is 1.